The van der Waals surface area contributed by atoms with Crippen molar-refractivity contribution in [1.82, 2.24) is 5.32 Å². The molecule has 0 aliphatic rings. The molecule has 17 heavy (non-hydrogen) atoms. The molecule has 0 saturated heterocycles. The Morgan fingerprint density at radius 2 is 2.18 bits per heavy atom. The molecule has 1 rings (SSSR count). The van der Waals surface area contributed by atoms with Gasteiger partial charge >= 0.3 is 0 Å². The molecule has 1 amide bonds. The molecule has 3 N–H and O–H groups in total. The van der Waals surface area contributed by atoms with E-state index in [0.29, 0.717) is 12.5 Å². The number of hydrogen-bond acceptors (Lipinski definition) is 3. The maximum atomic E-state index is 11.7. The van der Waals surface area contributed by atoms with Crippen LogP contribution in [0.4, 0.5) is 0 Å². The molecule has 0 aliphatic heterocycles. The van der Waals surface area contributed by atoms with E-state index in [1.54, 1.807) is 11.3 Å². The van der Waals surface area contributed by atoms with Crippen LogP contribution < -0.4 is 11.1 Å². The normalized spacial score (nSPS) is 14.6. The van der Waals surface area contributed by atoms with Crippen molar-refractivity contribution >= 4 is 17.2 Å². The summed E-state index contributed by atoms with van der Waals surface area (Å²) in [5.74, 6) is 0.581. The fourth-order valence-corrected chi connectivity index (χ4v) is 2.41. The summed E-state index contributed by atoms with van der Waals surface area (Å²) in [4.78, 5) is 13.0. The van der Waals surface area contributed by atoms with Gasteiger partial charge in [0.2, 0.25) is 5.91 Å². The zero-order chi connectivity index (χ0) is 12.8. The fourth-order valence-electron chi connectivity index (χ4n) is 1.54. The highest BCUT2D eigenvalue weighted by Crippen LogP contribution is 2.13. The van der Waals surface area contributed by atoms with Crippen LogP contribution in [0, 0.1) is 11.8 Å². The van der Waals surface area contributed by atoms with Crippen molar-refractivity contribution in [2.75, 3.05) is 6.54 Å². The summed E-state index contributed by atoms with van der Waals surface area (Å²) in [5, 5.41) is 5.00. The van der Waals surface area contributed by atoms with E-state index in [1.165, 1.54) is 4.88 Å². The molecule has 0 fully saturated rings. The minimum Gasteiger partial charge on any atom is -0.354 e. The number of thiophene rings is 1. The van der Waals surface area contributed by atoms with Crippen molar-refractivity contribution in [3.63, 3.8) is 0 Å². The lowest BCUT2D eigenvalue weighted by Crippen LogP contribution is -2.45. The first-order valence-electron chi connectivity index (χ1n) is 6.06. The molecule has 0 radical (unpaired) electrons. The maximum absolute atomic E-state index is 11.7. The van der Waals surface area contributed by atoms with Crippen LogP contribution in [0.3, 0.4) is 0 Å². The number of carbonyl (C=O) groups excluding carboxylic acids is 1. The molecule has 0 aliphatic carbocycles. The van der Waals surface area contributed by atoms with Crippen molar-refractivity contribution in [1.29, 1.82) is 0 Å². The van der Waals surface area contributed by atoms with Crippen LogP contribution in [0.1, 0.15) is 25.6 Å². The molecule has 1 unspecified atom stereocenters. The molecule has 0 spiro atoms. The third kappa shape index (κ3) is 4.88. The summed E-state index contributed by atoms with van der Waals surface area (Å²) in [6.45, 7) is 6.75. The Bertz CT molecular complexity index is 335. The Morgan fingerprint density at radius 1 is 1.47 bits per heavy atom. The Balaban J connectivity index is 2.28. The average Bonchev–Trinajstić information content (AvgIpc) is 2.77. The second-order valence-corrected chi connectivity index (χ2v) is 5.94. The van der Waals surface area contributed by atoms with Gasteiger partial charge in [0.05, 0.1) is 6.04 Å². The molecule has 1 aromatic rings. The van der Waals surface area contributed by atoms with Crippen LogP contribution >= 0.6 is 11.3 Å². The third-order valence-corrected chi connectivity index (χ3v) is 3.67. The van der Waals surface area contributed by atoms with E-state index in [9.17, 15) is 4.79 Å². The smallest absolute Gasteiger partial charge is 0.237 e. The van der Waals surface area contributed by atoms with Crippen molar-refractivity contribution < 1.29 is 4.79 Å². The van der Waals surface area contributed by atoms with Crippen LogP contribution in [-0.2, 0) is 11.2 Å². The van der Waals surface area contributed by atoms with E-state index >= 15 is 0 Å². The summed E-state index contributed by atoms with van der Waals surface area (Å²) >= 11 is 1.76. The van der Waals surface area contributed by atoms with E-state index in [4.69, 9.17) is 5.73 Å². The van der Waals surface area contributed by atoms with Crippen molar-refractivity contribution in [3.05, 3.63) is 22.4 Å². The number of nitrogens with one attached hydrogen (secondary N) is 1. The van der Waals surface area contributed by atoms with E-state index in [-0.39, 0.29) is 11.8 Å². The molecular formula is C13H22N2OS. The lowest BCUT2D eigenvalue weighted by molar-refractivity contribution is -0.123. The predicted octanol–water partition coefficient (Wildman–Crippen LogP) is 2.03. The van der Waals surface area contributed by atoms with Crippen LogP contribution in [0.15, 0.2) is 17.5 Å². The van der Waals surface area contributed by atoms with E-state index in [2.05, 4.69) is 29.8 Å². The Morgan fingerprint density at radius 3 is 2.71 bits per heavy atom. The molecule has 96 valence electrons. The van der Waals surface area contributed by atoms with Crippen LogP contribution in [0.2, 0.25) is 0 Å². The maximum Gasteiger partial charge on any atom is 0.237 e. The summed E-state index contributed by atoms with van der Waals surface area (Å²) in [7, 11) is 0. The second kappa shape index (κ2) is 6.77. The highest BCUT2D eigenvalue weighted by Gasteiger charge is 2.17. The van der Waals surface area contributed by atoms with Crippen LogP contribution in [-0.4, -0.2) is 18.5 Å². The standard InChI is InChI=1S/C13H22N2OS/c1-9(2)12(14)13(16)15-8-10(3)7-11-5-4-6-17-11/h4-6,9-10,12H,7-8,14H2,1-3H3,(H,15,16)/t10?,12-/m0/s1. The third-order valence-electron chi connectivity index (χ3n) is 2.78. The van der Waals surface area contributed by atoms with Crippen molar-refractivity contribution in [2.45, 2.75) is 33.2 Å². The van der Waals surface area contributed by atoms with Gasteiger partial charge in [0.1, 0.15) is 0 Å². The zero-order valence-corrected chi connectivity index (χ0v) is 11.6. The van der Waals surface area contributed by atoms with Gasteiger partial charge in [-0.15, -0.1) is 11.3 Å². The number of amides is 1. The van der Waals surface area contributed by atoms with Gasteiger partial charge in [-0.05, 0) is 29.7 Å². The summed E-state index contributed by atoms with van der Waals surface area (Å²) < 4.78 is 0. The van der Waals surface area contributed by atoms with Gasteiger partial charge in [-0.2, -0.15) is 0 Å². The fraction of sp³-hybridized carbons (Fsp3) is 0.615. The van der Waals surface area contributed by atoms with Crippen LogP contribution in [0.5, 0.6) is 0 Å². The highest BCUT2D eigenvalue weighted by atomic mass is 32.1. The topological polar surface area (TPSA) is 55.1 Å². The van der Waals surface area contributed by atoms with E-state index in [0.717, 1.165) is 6.42 Å². The molecule has 0 saturated carbocycles. The number of hydrogen-bond donors (Lipinski definition) is 2. The monoisotopic (exact) mass is 254 g/mol. The molecule has 0 aromatic carbocycles. The van der Waals surface area contributed by atoms with Crippen molar-refractivity contribution in [2.24, 2.45) is 17.6 Å². The van der Waals surface area contributed by atoms with E-state index < -0.39 is 6.04 Å². The molecule has 0 bridgehead atoms. The summed E-state index contributed by atoms with van der Waals surface area (Å²) in [5.41, 5.74) is 5.77. The number of rotatable bonds is 6. The minimum atomic E-state index is -0.399. The Labute approximate surface area is 107 Å². The Kier molecular flexibility index (Phi) is 5.65. The highest BCUT2D eigenvalue weighted by molar-refractivity contribution is 7.09. The lowest BCUT2D eigenvalue weighted by Gasteiger charge is -2.17. The molecule has 3 nitrogen and oxygen atoms in total. The largest absolute Gasteiger partial charge is 0.354 e. The zero-order valence-electron chi connectivity index (χ0n) is 10.8. The van der Waals surface area contributed by atoms with Gasteiger partial charge < -0.3 is 11.1 Å². The number of nitrogens with two attached hydrogens (primary N) is 1. The minimum absolute atomic E-state index is 0.0435. The van der Waals surface area contributed by atoms with Gasteiger partial charge in [0.25, 0.3) is 0 Å². The molecule has 2 atom stereocenters. The summed E-state index contributed by atoms with van der Waals surface area (Å²) in [6.07, 6.45) is 1.01. The van der Waals surface area contributed by atoms with Gasteiger partial charge in [-0.1, -0.05) is 26.8 Å². The molecule has 4 heteroatoms. The molecular weight excluding hydrogens is 232 g/mol. The van der Waals surface area contributed by atoms with Gasteiger partial charge in [0, 0.05) is 11.4 Å². The molecule has 1 aromatic heterocycles. The van der Waals surface area contributed by atoms with Crippen LogP contribution in [0.25, 0.3) is 0 Å². The average molecular weight is 254 g/mol. The van der Waals surface area contributed by atoms with Crippen molar-refractivity contribution in [3.8, 4) is 0 Å². The second-order valence-electron chi connectivity index (χ2n) is 4.90. The van der Waals surface area contributed by atoms with E-state index in [1.807, 2.05) is 13.8 Å². The van der Waals surface area contributed by atoms with Gasteiger partial charge in [-0.3, -0.25) is 4.79 Å². The predicted molar refractivity (Wildman–Crippen MR) is 73.0 cm³/mol. The summed E-state index contributed by atoms with van der Waals surface area (Å²) in [6, 6.07) is 3.78. The van der Waals surface area contributed by atoms with Gasteiger partial charge in [-0.25, -0.2) is 0 Å². The Hall–Kier alpha value is -0.870. The first-order valence-corrected chi connectivity index (χ1v) is 6.94. The van der Waals surface area contributed by atoms with Gasteiger partial charge in [0.15, 0.2) is 0 Å². The first kappa shape index (κ1) is 14.2. The number of carbonyl (C=O) groups is 1. The quantitative estimate of drug-likeness (QED) is 0.816. The SMILES string of the molecule is CC(CNC(=O)[C@@H](N)C(C)C)Cc1cccs1. The first-order chi connectivity index (χ1) is 8.00. The molecule has 1 heterocycles. The lowest BCUT2D eigenvalue weighted by atomic mass is 10.0.